The van der Waals surface area contributed by atoms with E-state index in [0.29, 0.717) is 45.1 Å². The largest absolute Gasteiger partial charge is 0.508 e. The van der Waals surface area contributed by atoms with E-state index in [1.807, 2.05) is 58.9 Å². The molecule has 22 atom stereocenters. The number of Topliss-reactive ketones (excluding diaryl/α,β-unsaturated/α-hetero) is 2. The quantitative estimate of drug-likeness (QED) is 0.00683. The van der Waals surface area contributed by atoms with E-state index in [4.69, 9.17) is 76.5 Å². The molecule has 2 aromatic carbocycles. The lowest BCUT2D eigenvalue weighted by atomic mass is 9.59. The number of aliphatic carboxylic acids is 1. The topological polar surface area (TPSA) is 397 Å². The lowest BCUT2D eigenvalue weighted by Crippen LogP contribution is -2.64. The molecule has 788 valence electrons. The van der Waals surface area contributed by atoms with Gasteiger partial charge in [-0.1, -0.05) is 214 Å². The second kappa shape index (κ2) is 54.2. The van der Waals surface area contributed by atoms with E-state index in [2.05, 4.69) is 105 Å². The molecule has 2 unspecified atom stereocenters. The third-order valence-corrected chi connectivity index (χ3v) is 31.8. The van der Waals surface area contributed by atoms with E-state index in [1.54, 1.807) is 34.6 Å². The number of hydrogen-bond donors (Lipinski definition) is 6. The number of carbonyl (C=O) groups excluding carboxylic acids is 10. The number of thioether (sulfide) groups is 2. The maximum absolute atomic E-state index is 13.6. The summed E-state index contributed by atoms with van der Waals surface area (Å²) in [5, 5.41) is 52.7. The van der Waals surface area contributed by atoms with Crippen LogP contribution in [0.25, 0.3) is 0 Å². The number of aromatic hydroxyl groups is 2. The molecule has 0 radical (unpaired) electrons. The highest BCUT2D eigenvalue weighted by molar-refractivity contribution is 8.23. The monoisotopic (exact) mass is 2090 g/mol. The zero-order valence-electron chi connectivity index (χ0n) is 85.5. The number of allylic oxidation sites excluding steroid dienone is 6. The van der Waals surface area contributed by atoms with Gasteiger partial charge in [-0.25, -0.2) is 33.6 Å². The predicted octanol–water partition coefficient (Wildman–Crippen LogP) is 20.0. The summed E-state index contributed by atoms with van der Waals surface area (Å²) in [6, 6.07) is 7.00. The highest BCUT2D eigenvalue weighted by Gasteiger charge is 2.66. The van der Waals surface area contributed by atoms with Crippen LogP contribution < -0.4 is 9.47 Å². The zero-order valence-corrected chi connectivity index (χ0v) is 89.7. The number of amides is 2. The maximum atomic E-state index is 13.6. The van der Waals surface area contributed by atoms with E-state index in [-0.39, 0.29) is 184 Å². The first-order valence-corrected chi connectivity index (χ1v) is 52.9. The maximum Gasteiger partial charge on any atom is 0.508 e. The van der Waals surface area contributed by atoms with Gasteiger partial charge in [0, 0.05) is 69.1 Å². The van der Waals surface area contributed by atoms with Crippen LogP contribution in [0.15, 0.2) is 193 Å². The first-order chi connectivity index (χ1) is 69.0. The third kappa shape index (κ3) is 27.0. The minimum atomic E-state index is -1.09. The molecule has 0 spiro atoms. The van der Waals surface area contributed by atoms with Crippen LogP contribution in [0.2, 0.25) is 0 Å². The van der Waals surface area contributed by atoms with Crippen molar-refractivity contribution in [2.45, 2.75) is 222 Å². The second-order valence-corrected chi connectivity index (χ2v) is 42.0. The van der Waals surface area contributed by atoms with Crippen LogP contribution >= 0.6 is 60.6 Å². The Hall–Kier alpha value is -10.9. The van der Waals surface area contributed by atoms with Crippen molar-refractivity contribution in [3.05, 3.63) is 215 Å². The normalized spacial score (nSPS) is 25.6. The first-order valence-electron chi connectivity index (χ1n) is 49.5. The van der Waals surface area contributed by atoms with Gasteiger partial charge in [-0.2, -0.15) is 12.6 Å². The molecule has 2 amide bonds. The number of benzene rings is 2. The van der Waals surface area contributed by atoms with E-state index >= 15 is 0 Å². The van der Waals surface area contributed by atoms with Gasteiger partial charge < -0.3 is 87.4 Å². The van der Waals surface area contributed by atoms with E-state index in [9.17, 15) is 78.3 Å². The number of carboxylic acid groups (broad SMARTS) is 1. The van der Waals surface area contributed by atoms with Crippen LogP contribution in [0.4, 0.5) is 14.4 Å². The van der Waals surface area contributed by atoms with Gasteiger partial charge in [-0.05, 0) is 224 Å². The summed E-state index contributed by atoms with van der Waals surface area (Å²) in [5.74, 6) is -6.46. The Balaban J connectivity index is 0.000000224. The number of phenolic OH excluding ortho intramolecular Hbond substituents is 2. The molecule has 12 rings (SSSR count). The molecule has 0 bridgehead atoms. The molecule has 6 aliphatic carbocycles. The van der Waals surface area contributed by atoms with Crippen molar-refractivity contribution in [2.75, 3.05) is 63.5 Å². The number of thiocarbonyl (C=S) groups is 2. The molecule has 4 heterocycles. The van der Waals surface area contributed by atoms with Gasteiger partial charge in [0.05, 0.1) is 54.4 Å². The minimum Gasteiger partial charge on any atom is -0.507 e. The summed E-state index contributed by atoms with van der Waals surface area (Å²) in [4.78, 5) is 140. The first kappa shape index (κ1) is 118. The van der Waals surface area contributed by atoms with Crippen molar-refractivity contribution in [3.63, 3.8) is 0 Å². The number of ether oxygens (including phenoxy) is 11. The average molecular weight is 2100 g/mol. The van der Waals surface area contributed by atoms with Crippen LogP contribution in [0.1, 0.15) is 195 Å². The van der Waals surface area contributed by atoms with Crippen LogP contribution in [-0.4, -0.2) is 210 Å². The number of unbranched alkanes of at least 4 members (excludes halogenated alkanes) is 4. The van der Waals surface area contributed by atoms with Gasteiger partial charge in [0.25, 0.3) is 0 Å². The summed E-state index contributed by atoms with van der Waals surface area (Å²) >= 11 is 18.3. The molecule has 4 fully saturated rings. The van der Waals surface area contributed by atoms with Gasteiger partial charge in [0.1, 0.15) is 104 Å². The summed E-state index contributed by atoms with van der Waals surface area (Å²) in [6.45, 7) is 55.9. The third-order valence-electron chi connectivity index (χ3n) is 29.0. The Morgan fingerprint density at radius 2 is 0.855 bits per heavy atom. The van der Waals surface area contributed by atoms with Crippen molar-refractivity contribution < 1.29 is 130 Å². The Morgan fingerprint density at radius 1 is 0.503 bits per heavy atom. The SMILES string of the molecule is C=C(C)[C@@H]1CCC(C)=C[C@H]1c1c(O)cc(CCCCC)cc1OC(=S)SCC1=C(C(=O)O)C2C(=O)[C@H]([C@@H](C)O)[C@H]2[C@H]1C.C=CCOC(=O)O[C@H](C)[C@H]1C(=O)C2C(C(=O)OCC=C)=C(CSC(=S)Oc3cc(CCCCC)cc(O)c3[C@@H]3C=C(C)CC[C@H]3C(=C)C)[C@H](C)[C@@H]21.C=CCOC(=O)O[C@H](C)[C@H]1C(=O)N2C(C(=O)OCC=C)=C(CO)[C@H](C)[C@H]12.C=CCOC(=O)O[C@H](C)[C@H]1C(=O)N2C(C(=O)OCC=C)=C(CS)[C@H](C)[C@H]12. The van der Waals surface area contributed by atoms with E-state index in [0.717, 1.165) is 110 Å². The highest BCUT2D eigenvalue weighted by atomic mass is 32.2. The number of fused-ring (bicyclic) bond motifs is 4. The van der Waals surface area contributed by atoms with Crippen molar-refractivity contribution in [3.8, 4) is 23.0 Å². The Morgan fingerprint density at radius 3 is 1.22 bits per heavy atom. The molecule has 145 heavy (non-hydrogen) atoms. The number of aliphatic hydroxyl groups excluding tert-OH is 2. The van der Waals surface area contributed by atoms with Crippen molar-refractivity contribution in [2.24, 2.45) is 82.9 Å². The lowest BCUT2D eigenvalue weighted by molar-refractivity contribution is -0.165. The zero-order chi connectivity index (χ0) is 107. The number of phenols is 2. The molecular formula is C111H142N2O27S5. The van der Waals surface area contributed by atoms with Crippen LogP contribution in [0.5, 0.6) is 23.0 Å². The number of aliphatic hydroxyl groups is 2. The fourth-order valence-corrected chi connectivity index (χ4v) is 24.7. The van der Waals surface area contributed by atoms with Crippen LogP contribution in [-0.2, 0) is 93.8 Å². The van der Waals surface area contributed by atoms with E-state index in [1.165, 1.54) is 80.9 Å². The number of ketones is 2. The number of rotatable bonds is 43. The average Bonchev–Trinajstić information content (AvgIpc) is 1.57. The number of nitrogens with zero attached hydrogens (tertiary/aromatic N) is 2. The van der Waals surface area contributed by atoms with Gasteiger partial charge in [0.2, 0.25) is 20.6 Å². The molecular weight excluding hydrogens is 1950 g/mol. The predicted molar refractivity (Wildman–Crippen MR) is 566 cm³/mol. The van der Waals surface area contributed by atoms with Crippen molar-refractivity contribution in [1.82, 2.24) is 9.80 Å². The molecule has 2 saturated heterocycles. The summed E-state index contributed by atoms with van der Waals surface area (Å²) < 4.78 is 59.1. The number of carbonyl (C=O) groups is 11. The molecule has 34 heteroatoms. The van der Waals surface area contributed by atoms with Gasteiger partial charge >= 0.3 is 42.3 Å². The molecule has 29 nitrogen and oxygen atoms in total. The summed E-state index contributed by atoms with van der Waals surface area (Å²) in [7, 11) is 0. The van der Waals surface area contributed by atoms with Crippen molar-refractivity contribution >= 4 is 135 Å². The van der Waals surface area contributed by atoms with Gasteiger partial charge in [-0.3, -0.25) is 19.2 Å². The number of aryl methyl sites for hydroxylation is 2. The number of β-lactam (4-membered cyclic amide) rings is 2. The lowest BCUT2D eigenvalue weighted by Gasteiger charge is -2.47. The molecule has 4 aliphatic heterocycles. The summed E-state index contributed by atoms with van der Waals surface area (Å²) in [5.41, 5.74) is 11.3. The smallest absolute Gasteiger partial charge is 0.507 e. The fraction of sp³-hybridized carbons (Fsp3) is 0.523. The number of esters is 3. The molecule has 2 aromatic rings. The Labute approximate surface area is 876 Å². The number of carboxylic acids is 1. The standard InChI is InChI=1S/C41H52O8S2.C34H44O6S2.C18H23NO7.C18H23NO6S/c1-9-12-13-14-27-20-31(42)35(29-19-24(6)15-16-28(29)23(4)5)32(21-27)49-41(50)51-22-30-25(7)33-34(26(8)48-40(45)47-18-11-3)38(43)37(33)36(30)39(44)46-17-10-2;1-7-8-9-10-21-14-25(36)29(23-13-18(4)11-12-22(23)17(2)3)26(15-21)40-34(41)42-16-24-19(5)27-28(20(6)35)32(37)31(27)30(24)33(38)39;1-5-7-24-17(22)15-12(9-20)10(3)14-13(16(21)19(14)15)11(4)26-18(23)25-8-6-2;1-5-7-23-17(21)15-12(9-26)10(3)14-13(16(20)19(14)15)11(4)25-18(22)24-8-6-2/h10-11,19-21,25-26,28-29,33-34,37,42H,2-4,9,12-18,22H2,1,5-8H3;13-15,19-20,22-23,27-28,31,35-36H,2,7-12,16H2,1,3-6H3,(H,38,39);5-6,10-11,13-14,20H,1-2,7-9H2,3-4H3;5-6,10-11,13-14,26H,1-2,7-9H2,3-4H3/t25-,26+,28-,29+,33+,34+,37?;19-,20+,22-,23+,27+,28+,31?;2*10-,11+,13+,14+/m0000/s1. The molecule has 5 N–H and O–H groups in total. The number of thiol groups is 1. The highest BCUT2D eigenvalue weighted by Crippen LogP contribution is 2.60. The van der Waals surface area contributed by atoms with Crippen LogP contribution in [0, 0.1) is 82.9 Å². The molecule has 0 aromatic heterocycles. The van der Waals surface area contributed by atoms with Gasteiger partial charge in [0.15, 0.2) is 0 Å². The second-order valence-electron chi connectivity index (χ2n) is 38.5. The van der Waals surface area contributed by atoms with Crippen molar-refractivity contribution in [1.29, 1.82) is 0 Å². The molecule has 10 aliphatic rings. The van der Waals surface area contributed by atoms with Crippen LogP contribution in [0.3, 0.4) is 0 Å². The Kier molecular flexibility index (Phi) is 44.0. The van der Waals surface area contributed by atoms with E-state index < -0.39 is 108 Å². The fourth-order valence-electron chi connectivity index (χ4n) is 22.0. The minimum absolute atomic E-state index is 0.000205. The Bertz CT molecular complexity index is 5410. The molecule has 2 saturated carbocycles. The van der Waals surface area contributed by atoms with Gasteiger partial charge in [-0.15, -0.1) is 0 Å². The summed E-state index contributed by atoms with van der Waals surface area (Å²) in [6.07, 6.45) is 19.2. The number of hydrogen-bond acceptors (Lipinski definition) is 31.